The number of hydrogen-bond donors (Lipinski definition) is 1. The van der Waals surface area contributed by atoms with E-state index in [2.05, 4.69) is 6.92 Å². The fourth-order valence-electron chi connectivity index (χ4n) is 1.90. The predicted octanol–water partition coefficient (Wildman–Crippen LogP) is 1.23. The quantitative estimate of drug-likeness (QED) is 0.725. The molecule has 0 aromatic heterocycles. The molecule has 1 amide bonds. The number of rotatable bonds is 2. The third-order valence-corrected chi connectivity index (χ3v) is 3.15. The number of carbonyl (C=O) groups is 1. The van der Waals surface area contributed by atoms with Gasteiger partial charge < -0.3 is 10.6 Å². The molecule has 1 heterocycles. The Labute approximate surface area is 86.6 Å². The summed E-state index contributed by atoms with van der Waals surface area (Å²) >= 11 is 0. The van der Waals surface area contributed by atoms with Gasteiger partial charge in [0.05, 0.1) is 5.92 Å². The van der Waals surface area contributed by atoms with E-state index < -0.39 is 0 Å². The first-order valence-corrected chi connectivity index (χ1v) is 5.56. The zero-order valence-electron chi connectivity index (χ0n) is 9.49. The molecule has 1 aliphatic heterocycles. The Morgan fingerprint density at radius 3 is 2.64 bits per heavy atom. The molecular weight excluding hydrogens is 176 g/mol. The number of hydrogen-bond acceptors (Lipinski definition) is 2. The van der Waals surface area contributed by atoms with Crippen LogP contribution >= 0.6 is 0 Å². The van der Waals surface area contributed by atoms with Crippen LogP contribution < -0.4 is 5.73 Å². The highest BCUT2D eigenvalue weighted by Gasteiger charge is 2.26. The van der Waals surface area contributed by atoms with Crippen molar-refractivity contribution in [2.75, 3.05) is 13.1 Å². The van der Waals surface area contributed by atoms with Crippen LogP contribution in [0.15, 0.2) is 0 Å². The molecule has 0 aromatic carbocycles. The summed E-state index contributed by atoms with van der Waals surface area (Å²) in [5, 5.41) is 0. The third-order valence-electron chi connectivity index (χ3n) is 3.15. The molecule has 14 heavy (non-hydrogen) atoms. The highest BCUT2D eigenvalue weighted by Crippen LogP contribution is 2.18. The fourth-order valence-corrected chi connectivity index (χ4v) is 1.90. The van der Waals surface area contributed by atoms with Gasteiger partial charge in [0.25, 0.3) is 0 Å². The van der Waals surface area contributed by atoms with Crippen LogP contribution in [-0.2, 0) is 4.79 Å². The second kappa shape index (κ2) is 4.78. The number of likely N-dealkylation sites (tertiary alicyclic amines) is 1. The summed E-state index contributed by atoms with van der Waals surface area (Å²) in [4.78, 5) is 13.9. The topological polar surface area (TPSA) is 46.3 Å². The average molecular weight is 198 g/mol. The number of piperidine rings is 1. The first-order valence-electron chi connectivity index (χ1n) is 5.56. The number of carbonyl (C=O) groups excluding carboxylic acids is 1. The molecule has 82 valence electrons. The molecule has 3 nitrogen and oxygen atoms in total. The lowest BCUT2D eigenvalue weighted by atomic mass is 9.97. The van der Waals surface area contributed by atoms with E-state index in [4.69, 9.17) is 5.73 Å². The number of nitrogens with two attached hydrogens (primary N) is 1. The molecule has 0 aliphatic carbocycles. The van der Waals surface area contributed by atoms with E-state index in [0.717, 1.165) is 19.5 Å². The van der Waals surface area contributed by atoms with Gasteiger partial charge in [0.15, 0.2) is 0 Å². The molecule has 0 radical (unpaired) electrons. The van der Waals surface area contributed by atoms with Crippen molar-refractivity contribution in [1.29, 1.82) is 0 Å². The molecule has 1 rings (SSSR count). The maximum Gasteiger partial charge on any atom is 0.226 e. The van der Waals surface area contributed by atoms with Crippen LogP contribution in [0.25, 0.3) is 0 Å². The van der Waals surface area contributed by atoms with E-state index in [1.807, 2.05) is 18.7 Å². The van der Waals surface area contributed by atoms with Crippen LogP contribution in [0, 0.1) is 11.8 Å². The van der Waals surface area contributed by atoms with Gasteiger partial charge >= 0.3 is 0 Å². The van der Waals surface area contributed by atoms with Crippen molar-refractivity contribution < 1.29 is 4.79 Å². The molecule has 3 heteroatoms. The minimum Gasteiger partial charge on any atom is -0.342 e. The van der Waals surface area contributed by atoms with E-state index in [9.17, 15) is 4.79 Å². The van der Waals surface area contributed by atoms with Gasteiger partial charge in [0.2, 0.25) is 5.91 Å². The van der Waals surface area contributed by atoms with Crippen molar-refractivity contribution in [3.05, 3.63) is 0 Å². The maximum atomic E-state index is 11.9. The Morgan fingerprint density at radius 2 is 2.14 bits per heavy atom. The van der Waals surface area contributed by atoms with Gasteiger partial charge in [-0.25, -0.2) is 0 Å². The van der Waals surface area contributed by atoms with Crippen LogP contribution in [0.4, 0.5) is 0 Å². The SMILES string of the molecule is CC1CCCN(C(=O)C(C)C(C)N)C1. The van der Waals surface area contributed by atoms with Crippen LogP contribution in [0.5, 0.6) is 0 Å². The first-order chi connectivity index (χ1) is 6.52. The highest BCUT2D eigenvalue weighted by atomic mass is 16.2. The highest BCUT2D eigenvalue weighted by molar-refractivity contribution is 5.79. The van der Waals surface area contributed by atoms with E-state index in [1.165, 1.54) is 6.42 Å². The Kier molecular flexibility index (Phi) is 3.93. The van der Waals surface area contributed by atoms with Crippen molar-refractivity contribution >= 4 is 5.91 Å². The summed E-state index contributed by atoms with van der Waals surface area (Å²) in [7, 11) is 0. The Balaban J connectivity index is 2.51. The van der Waals surface area contributed by atoms with E-state index in [-0.39, 0.29) is 17.9 Å². The molecule has 1 aliphatic rings. The van der Waals surface area contributed by atoms with Crippen molar-refractivity contribution in [3.8, 4) is 0 Å². The molecule has 0 aromatic rings. The lowest BCUT2D eigenvalue weighted by molar-refractivity contribution is -0.137. The van der Waals surface area contributed by atoms with Gasteiger partial charge in [-0.05, 0) is 25.7 Å². The van der Waals surface area contributed by atoms with Gasteiger partial charge in [-0.15, -0.1) is 0 Å². The van der Waals surface area contributed by atoms with E-state index >= 15 is 0 Å². The summed E-state index contributed by atoms with van der Waals surface area (Å²) in [6, 6.07) is -0.0419. The largest absolute Gasteiger partial charge is 0.342 e. The van der Waals surface area contributed by atoms with Crippen LogP contribution in [0.1, 0.15) is 33.6 Å². The van der Waals surface area contributed by atoms with Gasteiger partial charge in [-0.3, -0.25) is 4.79 Å². The standard InChI is InChI=1S/C11H22N2O/c1-8-5-4-6-13(7-8)11(14)9(2)10(3)12/h8-10H,4-7,12H2,1-3H3. The molecule has 3 atom stereocenters. The molecule has 1 saturated heterocycles. The fraction of sp³-hybridized carbons (Fsp3) is 0.909. The Hall–Kier alpha value is -0.570. The van der Waals surface area contributed by atoms with Crippen LogP contribution in [-0.4, -0.2) is 29.9 Å². The zero-order valence-corrected chi connectivity index (χ0v) is 9.49. The van der Waals surface area contributed by atoms with Crippen molar-refractivity contribution in [1.82, 2.24) is 4.90 Å². The predicted molar refractivity (Wildman–Crippen MR) is 57.8 cm³/mol. The number of amides is 1. The van der Waals surface area contributed by atoms with Crippen LogP contribution in [0.3, 0.4) is 0 Å². The minimum atomic E-state index is -0.0419. The van der Waals surface area contributed by atoms with E-state index in [1.54, 1.807) is 0 Å². The van der Waals surface area contributed by atoms with Gasteiger partial charge in [-0.1, -0.05) is 13.8 Å². The Morgan fingerprint density at radius 1 is 1.50 bits per heavy atom. The van der Waals surface area contributed by atoms with Crippen LogP contribution in [0.2, 0.25) is 0 Å². The zero-order chi connectivity index (χ0) is 10.7. The van der Waals surface area contributed by atoms with Gasteiger partial charge in [0.1, 0.15) is 0 Å². The molecule has 0 bridgehead atoms. The van der Waals surface area contributed by atoms with Crippen molar-refractivity contribution in [3.63, 3.8) is 0 Å². The minimum absolute atomic E-state index is 0.0414. The summed E-state index contributed by atoms with van der Waals surface area (Å²) in [6.07, 6.45) is 2.38. The molecule has 0 spiro atoms. The molecule has 0 saturated carbocycles. The maximum absolute atomic E-state index is 11.9. The molecule has 2 N–H and O–H groups in total. The lowest BCUT2D eigenvalue weighted by Gasteiger charge is -2.33. The second-order valence-corrected chi connectivity index (χ2v) is 4.68. The average Bonchev–Trinajstić information content (AvgIpc) is 2.15. The van der Waals surface area contributed by atoms with Crippen molar-refractivity contribution in [2.24, 2.45) is 17.6 Å². The number of nitrogens with zero attached hydrogens (tertiary/aromatic N) is 1. The summed E-state index contributed by atoms with van der Waals surface area (Å²) in [5.74, 6) is 0.833. The van der Waals surface area contributed by atoms with Gasteiger partial charge in [-0.2, -0.15) is 0 Å². The third kappa shape index (κ3) is 2.71. The summed E-state index contributed by atoms with van der Waals surface area (Å²) in [5.41, 5.74) is 5.73. The summed E-state index contributed by atoms with van der Waals surface area (Å²) < 4.78 is 0. The van der Waals surface area contributed by atoms with Crippen molar-refractivity contribution in [2.45, 2.75) is 39.7 Å². The smallest absolute Gasteiger partial charge is 0.226 e. The summed E-state index contributed by atoms with van der Waals surface area (Å²) in [6.45, 7) is 7.86. The van der Waals surface area contributed by atoms with Gasteiger partial charge in [0, 0.05) is 19.1 Å². The first kappa shape index (κ1) is 11.5. The molecular formula is C11H22N2O. The second-order valence-electron chi connectivity index (χ2n) is 4.68. The Bertz CT molecular complexity index is 203. The monoisotopic (exact) mass is 198 g/mol. The molecule has 1 fully saturated rings. The lowest BCUT2D eigenvalue weighted by Crippen LogP contribution is -2.45. The molecule has 3 unspecified atom stereocenters. The van der Waals surface area contributed by atoms with E-state index in [0.29, 0.717) is 5.92 Å². The normalized spacial score (nSPS) is 27.1.